The number of carbonyl (C=O) groups is 1. The number of hydrogen-bond donors (Lipinski definition) is 0. The standard InChI is InChI=1S/C15H19ClN2O4/c1-4-22-14(19)10-8-6-5-7-9(10)11-12(20-2)17-15(16)18-13(11)21-3/h4-8H2,1-3H3. The highest BCUT2D eigenvalue weighted by Crippen LogP contribution is 2.41. The topological polar surface area (TPSA) is 70.5 Å². The lowest BCUT2D eigenvalue weighted by atomic mass is 9.88. The molecule has 0 amide bonds. The Balaban J connectivity index is 2.62. The summed E-state index contributed by atoms with van der Waals surface area (Å²) < 4.78 is 15.8. The number of rotatable bonds is 5. The van der Waals surface area contributed by atoms with Crippen molar-refractivity contribution in [2.24, 2.45) is 0 Å². The van der Waals surface area contributed by atoms with Crippen LogP contribution in [0.25, 0.3) is 5.57 Å². The number of ether oxygens (including phenoxy) is 3. The van der Waals surface area contributed by atoms with Gasteiger partial charge in [0.15, 0.2) is 0 Å². The molecular formula is C15H19ClN2O4. The summed E-state index contributed by atoms with van der Waals surface area (Å²) in [7, 11) is 2.99. The van der Waals surface area contributed by atoms with E-state index < -0.39 is 0 Å². The molecule has 22 heavy (non-hydrogen) atoms. The molecule has 120 valence electrons. The molecule has 7 heteroatoms. The van der Waals surface area contributed by atoms with Gasteiger partial charge in [-0.2, -0.15) is 9.97 Å². The Kier molecular flexibility index (Phi) is 5.60. The second kappa shape index (κ2) is 7.45. The average Bonchev–Trinajstić information content (AvgIpc) is 2.54. The number of esters is 1. The van der Waals surface area contributed by atoms with Crippen LogP contribution in [0.5, 0.6) is 11.8 Å². The first kappa shape index (κ1) is 16.5. The molecule has 0 unspecified atom stereocenters. The molecule has 0 saturated heterocycles. The van der Waals surface area contributed by atoms with E-state index >= 15 is 0 Å². The van der Waals surface area contributed by atoms with Crippen molar-refractivity contribution in [3.05, 3.63) is 16.4 Å². The third-order valence-electron chi connectivity index (χ3n) is 3.49. The number of hydrogen-bond acceptors (Lipinski definition) is 6. The fourth-order valence-corrected chi connectivity index (χ4v) is 2.73. The van der Waals surface area contributed by atoms with Crippen molar-refractivity contribution in [1.29, 1.82) is 0 Å². The molecule has 1 aliphatic carbocycles. The molecule has 1 heterocycles. The van der Waals surface area contributed by atoms with Crippen LogP contribution in [0.4, 0.5) is 0 Å². The molecule has 1 aromatic heterocycles. The van der Waals surface area contributed by atoms with Crippen molar-refractivity contribution in [3.63, 3.8) is 0 Å². The lowest BCUT2D eigenvalue weighted by molar-refractivity contribution is -0.138. The molecule has 1 aromatic rings. The highest BCUT2D eigenvalue weighted by molar-refractivity contribution is 6.28. The molecule has 0 fully saturated rings. The average molecular weight is 327 g/mol. The fraction of sp³-hybridized carbons (Fsp3) is 0.533. The lowest BCUT2D eigenvalue weighted by Gasteiger charge is -2.21. The monoisotopic (exact) mass is 326 g/mol. The van der Waals surface area contributed by atoms with Gasteiger partial charge in [-0.05, 0) is 49.8 Å². The fourth-order valence-electron chi connectivity index (χ4n) is 2.57. The van der Waals surface area contributed by atoms with Crippen LogP contribution in [-0.2, 0) is 9.53 Å². The molecular weight excluding hydrogens is 308 g/mol. The first-order valence-electron chi connectivity index (χ1n) is 7.17. The minimum absolute atomic E-state index is 0.0338. The summed E-state index contributed by atoms with van der Waals surface area (Å²) in [5.74, 6) is 0.294. The number of aromatic nitrogens is 2. The Morgan fingerprint density at radius 1 is 1.14 bits per heavy atom. The zero-order valence-electron chi connectivity index (χ0n) is 12.9. The molecule has 0 bridgehead atoms. The van der Waals surface area contributed by atoms with Crippen molar-refractivity contribution in [3.8, 4) is 11.8 Å². The highest BCUT2D eigenvalue weighted by atomic mass is 35.5. The van der Waals surface area contributed by atoms with E-state index in [0.29, 0.717) is 42.3 Å². The molecule has 0 aromatic carbocycles. The molecule has 0 N–H and O–H groups in total. The van der Waals surface area contributed by atoms with Gasteiger partial charge in [-0.1, -0.05) is 0 Å². The van der Waals surface area contributed by atoms with Gasteiger partial charge in [0, 0.05) is 5.57 Å². The minimum atomic E-state index is -0.309. The smallest absolute Gasteiger partial charge is 0.334 e. The summed E-state index contributed by atoms with van der Waals surface area (Å²) in [5, 5.41) is 0.0338. The maximum Gasteiger partial charge on any atom is 0.334 e. The van der Waals surface area contributed by atoms with Crippen LogP contribution < -0.4 is 9.47 Å². The first-order chi connectivity index (χ1) is 10.6. The van der Waals surface area contributed by atoms with Crippen molar-refractivity contribution in [1.82, 2.24) is 9.97 Å². The van der Waals surface area contributed by atoms with E-state index in [1.54, 1.807) is 6.92 Å². The maximum absolute atomic E-state index is 12.2. The van der Waals surface area contributed by atoms with Crippen molar-refractivity contribution < 1.29 is 19.0 Å². The van der Waals surface area contributed by atoms with E-state index in [1.165, 1.54) is 14.2 Å². The van der Waals surface area contributed by atoms with Crippen LogP contribution in [0.1, 0.15) is 38.2 Å². The molecule has 0 radical (unpaired) electrons. The van der Waals surface area contributed by atoms with Crippen LogP contribution in [0.2, 0.25) is 5.28 Å². The van der Waals surface area contributed by atoms with Gasteiger partial charge < -0.3 is 14.2 Å². The van der Waals surface area contributed by atoms with Gasteiger partial charge in [0.2, 0.25) is 17.0 Å². The predicted octanol–water partition coefficient (Wildman–Crippen LogP) is 3.04. The van der Waals surface area contributed by atoms with E-state index in [-0.39, 0.29) is 11.3 Å². The van der Waals surface area contributed by atoms with Crippen molar-refractivity contribution in [2.45, 2.75) is 32.6 Å². The van der Waals surface area contributed by atoms with E-state index in [4.69, 9.17) is 25.8 Å². The Hall–Kier alpha value is -1.82. The van der Waals surface area contributed by atoms with E-state index in [0.717, 1.165) is 18.4 Å². The van der Waals surface area contributed by atoms with Crippen LogP contribution in [0.15, 0.2) is 5.57 Å². The van der Waals surface area contributed by atoms with Crippen LogP contribution in [0.3, 0.4) is 0 Å². The predicted molar refractivity (Wildman–Crippen MR) is 82.2 cm³/mol. The third-order valence-corrected chi connectivity index (χ3v) is 3.66. The van der Waals surface area contributed by atoms with Crippen LogP contribution in [-0.4, -0.2) is 36.8 Å². The largest absolute Gasteiger partial charge is 0.480 e. The normalized spacial score (nSPS) is 14.7. The van der Waals surface area contributed by atoms with Gasteiger partial charge in [-0.3, -0.25) is 0 Å². The number of methoxy groups -OCH3 is 2. The summed E-state index contributed by atoms with van der Waals surface area (Å²) >= 11 is 5.88. The van der Waals surface area contributed by atoms with Gasteiger partial charge >= 0.3 is 5.97 Å². The minimum Gasteiger partial charge on any atom is -0.480 e. The summed E-state index contributed by atoms with van der Waals surface area (Å²) in [4.78, 5) is 20.4. The Bertz CT molecular complexity index is 576. The molecule has 0 saturated carbocycles. The van der Waals surface area contributed by atoms with Crippen LogP contribution >= 0.6 is 11.6 Å². The van der Waals surface area contributed by atoms with Gasteiger partial charge in [0.1, 0.15) is 5.56 Å². The summed E-state index contributed by atoms with van der Waals surface area (Å²) in [6.07, 6.45) is 3.28. The van der Waals surface area contributed by atoms with Gasteiger partial charge in [-0.25, -0.2) is 4.79 Å². The number of nitrogens with zero attached hydrogens (tertiary/aromatic N) is 2. The van der Waals surface area contributed by atoms with E-state index in [2.05, 4.69) is 9.97 Å². The van der Waals surface area contributed by atoms with Crippen molar-refractivity contribution >= 4 is 23.1 Å². The number of halogens is 1. The van der Waals surface area contributed by atoms with Crippen molar-refractivity contribution in [2.75, 3.05) is 20.8 Å². The third kappa shape index (κ3) is 3.32. The molecule has 0 aliphatic heterocycles. The van der Waals surface area contributed by atoms with Gasteiger partial charge in [0.05, 0.1) is 20.8 Å². The maximum atomic E-state index is 12.2. The Labute approximate surface area is 134 Å². The van der Waals surface area contributed by atoms with Gasteiger partial charge in [0.25, 0.3) is 0 Å². The number of allylic oxidation sites excluding steroid dienone is 1. The Morgan fingerprint density at radius 2 is 1.73 bits per heavy atom. The zero-order chi connectivity index (χ0) is 16.1. The highest BCUT2D eigenvalue weighted by Gasteiger charge is 2.27. The first-order valence-corrected chi connectivity index (χ1v) is 7.55. The molecule has 2 rings (SSSR count). The molecule has 0 atom stereocenters. The lowest BCUT2D eigenvalue weighted by Crippen LogP contribution is -2.14. The second-order valence-electron chi connectivity index (χ2n) is 4.77. The summed E-state index contributed by atoms with van der Waals surface area (Å²) in [6.45, 7) is 2.12. The molecule has 0 spiro atoms. The summed E-state index contributed by atoms with van der Waals surface area (Å²) in [5.41, 5.74) is 2.03. The van der Waals surface area contributed by atoms with Crippen LogP contribution in [0, 0.1) is 0 Å². The Morgan fingerprint density at radius 3 is 2.27 bits per heavy atom. The van der Waals surface area contributed by atoms with E-state index in [9.17, 15) is 4.79 Å². The summed E-state index contributed by atoms with van der Waals surface area (Å²) in [6, 6.07) is 0. The molecule has 6 nitrogen and oxygen atoms in total. The number of carbonyl (C=O) groups excluding carboxylic acids is 1. The zero-order valence-corrected chi connectivity index (χ0v) is 13.7. The quantitative estimate of drug-likeness (QED) is 0.612. The second-order valence-corrected chi connectivity index (χ2v) is 5.11. The van der Waals surface area contributed by atoms with Gasteiger partial charge in [-0.15, -0.1) is 0 Å². The van der Waals surface area contributed by atoms with E-state index in [1.807, 2.05) is 0 Å². The SMILES string of the molecule is CCOC(=O)C1=C(c2c(OC)nc(Cl)nc2OC)CCCC1. The molecule has 1 aliphatic rings.